The molecule has 3 aromatic heterocycles. The van der Waals surface area contributed by atoms with Gasteiger partial charge in [0.05, 0.1) is 56.1 Å². The lowest BCUT2D eigenvalue weighted by Gasteiger charge is -2.35. The molecule has 3 aliphatic rings. The number of pyridine rings is 2. The van der Waals surface area contributed by atoms with Gasteiger partial charge in [0.25, 0.3) is 0 Å². The van der Waals surface area contributed by atoms with Crippen LogP contribution in [0.25, 0.3) is 22.2 Å². The third-order valence-corrected chi connectivity index (χ3v) is 7.18. The zero-order valence-corrected chi connectivity index (χ0v) is 20.1. The molecule has 2 saturated heterocycles. The van der Waals surface area contributed by atoms with E-state index in [1.165, 1.54) is 6.92 Å². The minimum atomic E-state index is -0.531. The molecule has 35 heavy (non-hydrogen) atoms. The Bertz CT molecular complexity index is 1280. The molecular weight excluding hydrogens is 448 g/mol. The first kappa shape index (κ1) is 22.5. The molecule has 1 N–H and O–H groups in total. The quantitative estimate of drug-likeness (QED) is 0.581. The van der Waals surface area contributed by atoms with Crippen molar-refractivity contribution < 1.29 is 23.7 Å². The van der Waals surface area contributed by atoms with Crippen molar-refractivity contribution >= 4 is 22.6 Å². The number of hydrogen-bond donors (Lipinski definition) is 1. The van der Waals surface area contributed by atoms with E-state index in [0.717, 1.165) is 71.6 Å². The van der Waals surface area contributed by atoms with Crippen LogP contribution in [0.3, 0.4) is 0 Å². The van der Waals surface area contributed by atoms with Crippen molar-refractivity contribution in [2.45, 2.75) is 31.8 Å². The second kappa shape index (κ2) is 8.89. The molecule has 0 saturated carbocycles. The minimum Gasteiger partial charge on any atom is -0.493 e. The number of nitrogens with one attached hydrogen (secondary N) is 1. The maximum atomic E-state index is 11.6. The van der Waals surface area contributed by atoms with Gasteiger partial charge in [-0.3, -0.25) is 4.79 Å². The minimum absolute atomic E-state index is 0.158. The predicted molar refractivity (Wildman–Crippen MR) is 129 cm³/mol. The topological polar surface area (TPSA) is 96.7 Å². The standard InChI is InChI=1S/C26H30N4O5/c1-16(31)28-24-9-19-20(12-30(2)22(19)11-27-24)21-10-23(34-6-3-17-13-33-14-17)18-4-7-35-26(25(18)29-21)5-8-32-15-26/h9-12,17H,3-8,13-15H2,1-2H3,(H,27,28,31). The van der Waals surface area contributed by atoms with Gasteiger partial charge in [-0.05, 0) is 12.5 Å². The summed E-state index contributed by atoms with van der Waals surface area (Å²) in [5.74, 6) is 1.79. The second-order valence-corrected chi connectivity index (χ2v) is 9.69. The molecule has 3 aliphatic heterocycles. The van der Waals surface area contributed by atoms with E-state index in [4.69, 9.17) is 23.9 Å². The Morgan fingerprint density at radius 1 is 1.29 bits per heavy atom. The molecule has 9 nitrogen and oxygen atoms in total. The molecule has 184 valence electrons. The molecule has 0 bridgehead atoms. The van der Waals surface area contributed by atoms with E-state index in [9.17, 15) is 4.79 Å². The van der Waals surface area contributed by atoms with Crippen LogP contribution in [0.2, 0.25) is 0 Å². The van der Waals surface area contributed by atoms with Gasteiger partial charge in [0.1, 0.15) is 17.2 Å². The monoisotopic (exact) mass is 478 g/mol. The van der Waals surface area contributed by atoms with Gasteiger partial charge >= 0.3 is 0 Å². The van der Waals surface area contributed by atoms with E-state index in [2.05, 4.69) is 22.6 Å². The fourth-order valence-electron chi connectivity index (χ4n) is 5.21. The third kappa shape index (κ3) is 4.07. The van der Waals surface area contributed by atoms with Crippen LogP contribution >= 0.6 is 0 Å². The summed E-state index contributed by atoms with van der Waals surface area (Å²) in [7, 11) is 1.98. The van der Waals surface area contributed by atoms with Crippen LogP contribution < -0.4 is 10.1 Å². The first-order valence-electron chi connectivity index (χ1n) is 12.2. The van der Waals surface area contributed by atoms with E-state index in [1.54, 1.807) is 6.20 Å². The van der Waals surface area contributed by atoms with E-state index in [-0.39, 0.29) is 5.91 Å². The molecule has 6 rings (SSSR count). The van der Waals surface area contributed by atoms with Crippen molar-refractivity contribution in [1.29, 1.82) is 0 Å². The zero-order valence-electron chi connectivity index (χ0n) is 20.1. The van der Waals surface area contributed by atoms with Crippen molar-refractivity contribution in [3.8, 4) is 17.0 Å². The van der Waals surface area contributed by atoms with Gasteiger partial charge in [0.15, 0.2) is 0 Å². The van der Waals surface area contributed by atoms with Crippen LogP contribution in [0.5, 0.6) is 5.75 Å². The molecule has 0 aromatic carbocycles. The highest BCUT2D eigenvalue weighted by Crippen LogP contribution is 2.44. The van der Waals surface area contributed by atoms with Crippen LogP contribution in [0.4, 0.5) is 5.82 Å². The molecule has 1 spiro atoms. The van der Waals surface area contributed by atoms with Gasteiger partial charge in [0, 0.05) is 68.1 Å². The van der Waals surface area contributed by atoms with E-state index < -0.39 is 5.60 Å². The average Bonchev–Trinajstić information content (AvgIpc) is 3.40. The maximum Gasteiger partial charge on any atom is 0.222 e. The average molecular weight is 479 g/mol. The van der Waals surface area contributed by atoms with Gasteiger partial charge in [-0.25, -0.2) is 9.97 Å². The third-order valence-electron chi connectivity index (χ3n) is 7.18. The van der Waals surface area contributed by atoms with Gasteiger partial charge in [-0.15, -0.1) is 0 Å². The van der Waals surface area contributed by atoms with Crippen molar-refractivity contribution in [2.75, 3.05) is 45.0 Å². The lowest BCUT2D eigenvalue weighted by molar-refractivity contribution is -0.114. The first-order valence-corrected chi connectivity index (χ1v) is 12.2. The first-order chi connectivity index (χ1) is 17.0. The van der Waals surface area contributed by atoms with E-state index in [1.807, 2.05) is 17.7 Å². The molecule has 3 aromatic rings. The molecule has 2 fully saturated rings. The Balaban J connectivity index is 1.45. The van der Waals surface area contributed by atoms with Crippen LogP contribution in [0.1, 0.15) is 31.0 Å². The van der Waals surface area contributed by atoms with Gasteiger partial charge in [-0.2, -0.15) is 0 Å². The Hall–Kier alpha value is -3.01. The Kier molecular flexibility index (Phi) is 5.70. The highest BCUT2D eigenvalue weighted by molar-refractivity contribution is 5.98. The molecular formula is C26H30N4O5. The Morgan fingerprint density at radius 2 is 2.17 bits per heavy atom. The summed E-state index contributed by atoms with van der Waals surface area (Å²) in [5, 5.41) is 3.75. The largest absolute Gasteiger partial charge is 0.493 e. The number of carbonyl (C=O) groups is 1. The molecule has 6 heterocycles. The van der Waals surface area contributed by atoms with Crippen molar-refractivity contribution in [3.63, 3.8) is 0 Å². The summed E-state index contributed by atoms with van der Waals surface area (Å²) >= 11 is 0. The number of amides is 1. The number of fused-ring (bicyclic) bond motifs is 3. The summed E-state index contributed by atoms with van der Waals surface area (Å²) in [6.07, 6.45) is 6.34. The van der Waals surface area contributed by atoms with Crippen LogP contribution in [-0.4, -0.2) is 60.1 Å². The molecule has 1 atom stereocenters. The van der Waals surface area contributed by atoms with Crippen LogP contribution in [-0.2, 0) is 38.1 Å². The SMILES string of the molecule is CC(=O)Nc1cc2c(-c3cc(OCCC4COC4)c4c(n3)C3(CCOC3)OCC4)cn(C)c2cn1. The summed E-state index contributed by atoms with van der Waals surface area (Å²) < 4.78 is 25.8. The van der Waals surface area contributed by atoms with Crippen LogP contribution in [0.15, 0.2) is 24.5 Å². The molecule has 0 radical (unpaired) electrons. The Morgan fingerprint density at radius 3 is 2.91 bits per heavy atom. The number of carbonyl (C=O) groups excluding carboxylic acids is 1. The molecule has 1 unspecified atom stereocenters. The molecule has 0 aliphatic carbocycles. The summed E-state index contributed by atoms with van der Waals surface area (Å²) in [6, 6.07) is 3.95. The zero-order chi connectivity index (χ0) is 24.0. The summed E-state index contributed by atoms with van der Waals surface area (Å²) in [6.45, 7) is 5.54. The smallest absolute Gasteiger partial charge is 0.222 e. The lowest BCUT2D eigenvalue weighted by atomic mass is 9.89. The van der Waals surface area contributed by atoms with E-state index >= 15 is 0 Å². The molecule has 1 amide bonds. The number of rotatable bonds is 6. The second-order valence-electron chi connectivity index (χ2n) is 9.69. The normalized spacial score (nSPS) is 21.8. The number of hydrogen-bond acceptors (Lipinski definition) is 7. The van der Waals surface area contributed by atoms with Crippen molar-refractivity contribution in [3.05, 3.63) is 35.8 Å². The Labute approximate surface area is 203 Å². The number of anilines is 1. The predicted octanol–water partition coefficient (Wildman–Crippen LogP) is 3.20. The fraction of sp³-hybridized carbons (Fsp3) is 0.500. The van der Waals surface area contributed by atoms with Gasteiger partial charge < -0.3 is 28.8 Å². The number of aryl methyl sites for hydroxylation is 1. The number of ether oxygens (including phenoxy) is 4. The van der Waals surface area contributed by atoms with Crippen LogP contribution in [0, 0.1) is 5.92 Å². The van der Waals surface area contributed by atoms with Gasteiger partial charge in [0.2, 0.25) is 5.91 Å². The highest BCUT2D eigenvalue weighted by Gasteiger charge is 2.44. The number of aromatic nitrogens is 3. The fourth-order valence-corrected chi connectivity index (χ4v) is 5.21. The van der Waals surface area contributed by atoms with Gasteiger partial charge in [-0.1, -0.05) is 0 Å². The highest BCUT2D eigenvalue weighted by atomic mass is 16.6. The lowest BCUT2D eigenvalue weighted by Crippen LogP contribution is -2.37. The van der Waals surface area contributed by atoms with E-state index in [0.29, 0.717) is 38.2 Å². The summed E-state index contributed by atoms with van der Waals surface area (Å²) in [4.78, 5) is 21.2. The van der Waals surface area contributed by atoms with Crippen molar-refractivity contribution in [1.82, 2.24) is 14.5 Å². The molecule has 9 heteroatoms. The number of nitrogens with zero attached hydrogens (tertiary/aromatic N) is 3. The van der Waals surface area contributed by atoms with Crippen molar-refractivity contribution in [2.24, 2.45) is 13.0 Å². The maximum absolute atomic E-state index is 11.6. The summed E-state index contributed by atoms with van der Waals surface area (Å²) in [5.41, 5.74) is 4.24.